The number of nitrogens with one attached hydrogen (secondary N) is 1. The highest BCUT2D eigenvalue weighted by molar-refractivity contribution is 7.89. The molecule has 1 atom stereocenters. The predicted molar refractivity (Wildman–Crippen MR) is 81.5 cm³/mol. The maximum atomic E-state index is 13.0. The van der Waals surface area contributed by atoms with Gasteiger partial charge in [-0.25, -0.2) is 8.42 Å². The van der Waals surface area contributed by atoms with E-state index in [0.29, 0.717) is 17.9 Å². The van der Waals surface area contributed by atoms with Gasteiger partial charge in [0, 0.05) is 24.0 Å². The molecule has 2 aromatic heterocycles. The second-order valence-corrected chi connectivity index (χ2v) is 8.00. The number of nitrogens with two attached hydrogens (primary N) is 1. The number of hydrogen-bond donors (Lipinski definition) is 2. The molecular weight excluding hydrogens is 308 g/mol. The van der Waals surface area contributed by atoms with E-state index in [2.05, 4.69) is 10.2 Å². The van der Waals surface area contributed by atoms with Gasteiger partial charge >= 0.3 is 0 Å². The van der Waals surface area contributed by atoms with Crippen LogP contribution in [0.1, 0.15) is 34.8 Å². The molecule has 0 saturated carbocycles. The molecule has 1 aliphatic heterocycles. The molecule has 6 nitrogen and oxygen atoms in total. The molecule has 0 spiro atoms. The summed E-state index contributed by atoms with van der Waals surface area (Å²) >= 11 is 1.69. The summed E-state index contributed by atoms with van der Waals surface area (Å²) in [7, 11) is -3.60. The topological polar surface area (TPSA) is 92.1 Å². The third-order valence-corrected chi connectivity index (χ3v) is 7.11. The van der Waals surface area contributed by atoms with Crippen LogP contribution in [0, 0.1) is 6.92 Å². The van der Waals surface area contributed by atoms with E-state index < -0.39 is 10.0 Å². The smallest absolute Gasteiger partial charge is 0.247 e. The Morgan fingerprint density at radius 2 is 2.33 bits per heavy atom. The Morgan fingerprint density at radius 3 is 3.05 bits per heavy atom. The number of rotatable bonds is 3. The summed E-state index contributed by atoms with van der Waals surface area (Å²) in [6, 6.07) is 1.85. The number of sulfonamides is 1. The van der Waals surface area contributed by atoms with Gasteiger partial charge in [-0.2, -0.15) is 9.40 Å². The first kappa shape index (κ1) is 14.7. The van der Waals surface area contributed by atoms with E-state index in [4.69, 9.17) is 5.73 Å². The Morgan fingerprint density at radius 1 is 1.57 bits per heavy atom. The molecule has 0 saturated heterocycles. The van der Waals surface area contributed by atoms with E-state index in [1.165, 1.54) is 4.88 Å². The van der Waals surface area contributed by atoms with Gasteiger partial charge in [0.05, 0.1) is 11.4 Å². The van der Waals surface area contributed by atoms with Crippen LogP contribution in [-0.2, 0) is 23.0 Å². The minimum Gasteiger partial charge on any atom is -0.325 e. The molecule has 3 heterocycles. The van der Waals surface area contributed by atoms with Crippen molar-refractivity contribution < 1.29 is 8.42 Å². The van der Waals surface area contributed by atoms with Crippen molar-refractivity contribution in [3.63, 3.8) is 0 Å². The SMILES string of the molecule is Cc1[nH]nc(CN)c1S(=O)(=O)N1CCc2sccc2C1C. The summed E-state index contributed by atoms with van der Waals surface area (Å²) in [5, 5.41) is 8.75. The highest BCUT2D eigenvalue weighted by Crippen LogP contribution is 2.37. The van der Waals surface area contributed by atoms with Crippen LogP contribution >= 0.6 is 11.3 Å². The van der Waals surface area contributed by atoms with Crippen LogP contribution in [0.4, 0.5) is 0 Å². The zero-order valence-electron chi connectivity index (χ0n) is 12.0. The third-order valence-electron chi connectivity index (χ3n) is 3.94. The van der Waals surface area contributed by atoms with Crippen LogP contribution in [-0.4, -0.2) is 29.5 Å². The number of thiophene rings is 1. The van der Waals surface area contributed by atoms with Crippen LogP contribution in [0.25, 0.3) is 0 Å². The number of aromatic amines is 1. The van der Waals surface area contributed by atoms with Crippen molar-refractivity contribution in [3.05, 3.63) is 33.3 Å². The minimum atomic E-state index is -3.60. The molecule has 0 fully saturated rings. The molecule has 1 aliphatic rings. The van der Waals surface area contributed by atoms with Gasteiger partial charge in [0.25, 0.3) is 0 Å². The van der Waals surface area contributed by atoms with E-state index >= 15 is 0 Å². The second kappa shape index (κ2) is 5.20. The molecule has 3 N–H and O–H groups in total. The normalized spacial score (nSPS) is 19.7. The van der Waals surface area contributed by atoms with Crippen molar-refractivity contribution in [1.29, 1.82) is 0 Å². The molecule has 0 bridgehead atoms. The lowest BCUT2D eigenvalue weighted by atomic mass is 10.0. The van der Waals surface area contributed by atoms with Crippen molar-refractivity contribution in [3.8, 4) is 0 Å². The lowest BCUT2D eigenvalue weighted by Gasteiger charge is -2.32. The first-order valence-electron chi connectivity index (χ1n) is 6.78. The van der Waals surface area contributed by atoms with Crippen LogP contribution in [0.5, 0.6) is 0 Å². The molecule has 0 aromatic carbocycles. The number of fused-ring (bicyclic) bond motifs is 1. The standard InChI is InChI=1S/C13H18N4O2S2/c1-8-13(11(7-14)16-15-8)21(18,19)17-5-3-12-10(9(17)2)4-6-20-12/h4,6,9H,3,5,7,14H2,1-2H3,(H,15,16). The van der Waals surface area contributed by atoms with Crippen molar-refractivity contribution in [2.75, 3.05) is 6.54 Å². The number of hydrogen-bond acceptors (Lipinski definition) is 5. The summed E-state index contributed by atoms with van der Waals surface area (Å²) in [6.45, 7) is 4.24. The lowest BCUT2D eigenvalue weighted by Crippen LogP contribution is -2.38. The predicted octanol–water partition coefficient (Wildman–Crippen LogP) is 1.55. The quantitative estimate of drug-likeness (QED) is 0.895. The Hall–Kier alpha value is -1.22. The maximum Gasteiger partial charge on any atom is 0.247 e. The molecule has 0 radical (unpaired) electrons. The van der Waals surface area contributed by atoms with Crippen LogP contribution in [0.3, 0.4) is 0 Å². The Labute approximate surface area is 128 Å². The van der Waals surface area contributed by atoms with E-state index in [9.17, 15) is 8.42 Å². The molecule has 1 unspecified atom stereocenters. The van der Waals surface area contributed by atoms with E-state index in [-0.39, 0.29) is 17.5 Å². The fourth-order valence-electron chi connectivity index (χ4n) is 2.88. The van der Waals surface area contributed by atoms with Gasteiger partial charge < -0.3 is 5.73 Å². The van der Waals surface area contributed by atoms with Crippen molar-refractivity contribution >= 4 is 21.4 Å². The van der Waals surface area contributed by atoms with Crippen LogP contribution in [0.15, 0.2) is 16.3 Å². The number of aryl methyl sites for hydroxylation is 1. The molecule has 21 heavy (non-hydrogen) atoms. The molecular formula is C13H18N4O2S2. The van der Waals surface area contributed by atoms with Gasteiger partial charge in [0.15, 0.2) is 0 Å². The molecule has 3 rings (SSSR count). The summed E-state index contributed by atoms with van der Waals surface area (Å²) in [4.78, 5) is 1.51. The third kappa shape index (κ3) is 2.22. The van der Waals surface area contributed by atoms with Gasteiger partial charge in [-0.15, -0.1) is 11.3 Å². The Bertz CT molecular complexity index is 763. The zero-order valence-corrected chi connectivity index (χ0v) is 13.6. The fourth-order valence-corrected chi connectivity index (χ4v) is 5.80. The average molecular weight is 326 g/mol. The molecule has 2 aromatic rings. The van der Waals surface area contributed by atoms with E-state index in [1.807, 2.05) is 18.4 Å². The highest BCUT2D eigenvalue weighted by Gasteiger charge is 2.37. The van der Waals surface area contributed by atoms with Crippen molar-refractivity contribution in [2.45, 2.75) is 37.8 Å². The van der Waals surface area contributed by atoms with Crippen molar-refractivity contribution in [1.82, 2.24) is 14.5 Å². The van der Waals surface area contributed by atoms with Gasteiger partial charge in [-0.05, 0) is 37.3 Å². The first-order chi connectivity index (χ1) is 9.96. The maximum absolute atomic E-state index is 13.0. The zero-order chi connectivity index (χ0) is 15.2. The Balaban J connectivity index is 2.06. The summed E-state index contributed by atoms with van der Waals surface area (Å²) < 4.78 is 27.6. The van der Waals surface area contributed by atoms with E-state index in [1.54, 1.807) is 22.6 Å². The van der Waals surface area contributed by atoms with Crippen LogP contribution in [0.2, 0.25) is 0 Å². The van der Waals surface area contributed by atoms with Gasteiger partial charge in [0.2, 0.25) is 10.0 Å². The highest BCUT2D eigenvalue weighted by atomic mass is 32.2. The van der Waals surface area contributed by atoms with Crippen LogP contribution < -0.4 is 5.73 Å². The van der Waals surface area contributed by atoms with Gasteiger partial charge in [-0.1, -0.05) is 0 Å². The average Bonchev–Trinajstić information content (AvgIpc) is 3.05. The molecule has 114 valence electrons. The number of nitrogens with zero attached hydrogens (tertiary/aromatic N) is 2. The van der Waals surface area contributed by atoms with Crippen molar-refractivity contribution in [2.24, 2.45) is 5.73 Å². The second-order valence-electron chi connectivity index (χ2n) is 5.17. The largest absolute Gasteiger partial charge is 0.325 e. The number of H-pyrrole nitrogens is 1. The summed E-state index contributed by atoms with van der Waals surface area (Å²) in [5.74, 6) is 0. The minimum absolute atomic E-state index is 0.102. The molecule has 8 heteroatoms. The summed E-state index contributed by atoms with van der Waals surface area (Å²) in [6.07, 6.45) is 0.755. The Kier molecular flexibility index (Phi) is 3.64. The lowest BCUT2D eigenvalue weighted by molar-refractivity contribution is 0.328. The van der Waals surface area contributed by atoms with Gasteiger partial charge in [0.1, 0.15) is 4.90 Å². The molecule has 0 amide bonds. The summed E-state index contributed by atoms with van der Waals surface area (Å²) in [5.41, 5.74) is 7.66. The monoisotopic (exact) mass is 326 g/mol. The number of aromatic nitrogens is 2. The first-order valence-corrected chi connectivity index (χ1v) is 9.10. The fraction of sp³-hybridized carbons (Fsp3) is 0.462. The van der Waals surface area contributed by atoms with Gasteiger partial charge in [-0.3, -0.25) is 5.10 Å². The molecule has 0 aliphatic carbocycles. The van der Waals surface area contributed by atoms with E-state index in [0.717, 1.165) is 12.0 Å².